The molecule has 1 amide bonds. The van der Waals surface area contributed by atoms with Gasteiger partial charge in [-0.15, -0.1) is 0 Å². The van der Waals surface area contributed by atoms with Crippen LogP contribution in [-0.4, -0.2) is 47.6 Å². The lowest BCUT2D eigenvalue weighted by Gasteiger charge is -2.34. The second-order valence-corrected chi connectivity index (χ2v) is 5.30. The van der Waals surface area contributed by atoms with E-state index in [1.54, 1.807) is 24.0 Å². The summed E-state index contributed by atoms with van der Waals surface area (Å²) in [6.45, 7) is 4.75. The molecule has 1 aliphatic rings. The average molecular weight is 293 g/mol. The van der Waals surface area contributed by atoms with Crippen molar-refractivity contribution in [2.75, 3.05) is 19.7 Å². The van der Waals surface area contributed by atoms with Crippen LogP contribution in [0.15, 0.2) is 18.2 Å². The number of hydrogen-bond acceptors (Lipinski definition) is 5. The van der Waals surface area contributed by atoms with Gasteiger partial charge in [0, 0.05) is 25.2 Å². The highest BCUT2D eigenvalue weighted by Gasteiger charge is 2.30. The molecule has 1 heterocycles. The number of nitro benzene ring substituents is 1. The molecule has 0 radical (unpaired) electrons. The number of rotatable bonds is 3. The third-order valence-corrected chi connectivity index (χ3v) is 3.55. The first-order chi connectivity index (χ1) is 9.90. The minimum absolute atomic E-state index is 0.116. The highest BCUT2D eigenvalue weighted by atomic mass is 16.6. The van der Waals surface area contributed by atoms with Gasteiger partial charge in [-0.1, -0.05) is 6.07 Å². The molecule has 0 saturated carbocycles. The topological polar surface area (TPSA) is 98.7 Å². The van der Waals surface area contributed by atoms with E-state index >= 15 is 0 Å². The molecule has 2 rings (SSSR count). The Morgan fingerprint density at radius 3 is 2.90 bits per heavy atom. The summed E-state index contributed by atoms with van der Waals surface area (Å²) in [6, 6.07) is 4.34. The van der Waals surface area contributed by atoms with Crippen LogP contribution in [0.5, 0.6) is 0 Å². The zero-order valence-electron chi connectivity index (χ0n) is 12.1. The van der Waals surface area contributed by atoms with E-state index in [0.717, 1.165) is 5.56 Å². The molecule has 1 aromatic rings. The summed E-state index contributed by atoms with van der Waals surface area (Å²) in [6.07, 6.45) is -0.244. The maximum atomic E-state index is 12.6. The van der Waals surface area contributed by atoms with Gasteiger partial charge in [0.25, 0.3) is 11.6 Å². The quantitative estimate of drug-likeness (QED) is 0.664. The maximum absolute atomic E-state index is 12.6. The van der Waals surface area contributed by atoms with Gasteiger partial charge in [0.1, 0.15) is 5.56 Å². The minimum Gasteiger partial charge on any atom is -0.373 e. The summed E-state index contributed by atoms with van der Waals surface area (Å²) in [7, 11) is 0. The molecular weight excluding hydrogens is 274 g/mol. The number of hydrogen-bond donors (Lipinski definition) is 1. The van der Waals surface area contributed by atoms with Gasteiger partial charge >= 0.3 is 0 Å². The third-order valence-electron chi connectivity index (χ3n) is 3.55. The summed E-state index contributed by atoms with van der Waals surface area (Å²) >= 11 is 0. The first-order valence-electron chi connectivity index (χ1n) is 6.81. The van der Waals surface area contributed by atoms with Gasteiger partial charge in [0.15, 0.2) is 0 Å². The molecular formula is C14H19N3O4. The van der Waals surface area contributed by atoms with Crippen molar-refractivity contribution in [3.63, 3.8) is 0 Å². The summed E-state index contributed by atoms with van der Waals surface area (Å²) in [5.41, 5.74) is 6.55. The molecule has 21 heavy (non-hydrogen) atoms. The van der Waals surface area contributed by atoms with E-state index in [1.165, 1.54) is 6.07 Å². The van der Waals surface area contributed by atoms with Crippen LogP contribution in [0.25, 0.3) is 0 Å². The summed E-state index contributed by atoms with van der Waals surface area (Å²) in [4.78, 5) is 24.7. The van der Waals surface area contributed by atoms with Gasteiger partial charge in [0.2, 0.25) is 0 Å². The summed E-state index contributed by atoms with van der Waals surface area (Å²) in [5.74, 6) is -0.348. The van der Waals surface area contributed by atoms with E-state index in [2.05, 4.69) is 0 Å². The fourth-order valence-electron chi connectivity index (χ4n) is 2.33. The summed E-state index contributed by atoms with van der Waals surface area (Å²) in [5, 5.41) is 11.1. The van der Waals surface area contributed by atoms with Gasteiger partial charge < -0.3 is 15.4 Å². The first-order valence-corrected chi connectivity index (χ1v) is 6.81. The van der Waals surface area contributed by atoms with Crippen molar-refractivity contribution in [3.8, 4) is 0 Å². The smallest absolute Gasteiger partial charge is 0.282 e. The van der Waals surface area contributed by atoms with Crippen molar-refractivity contribution in [1.29, 1.82) is 0 Å². The number of carbonyl (C=O) groups is 1. The van der Waals surface area contributed by atoms with Gasteiger partial charge in [-0.25, -0.2) is 0 Å². The zero-order chi connectivity index (χ0) is 15.6. The number of amides is 1. The SMILES string of the molecule is Cc1ccc([N+](=O)[O-])c(C(=O)N2CCOC(C(C)N)C2)c1. The van der Waals surface area contributed by atoms with Gasteiger partial charge in [-0.05, 0) is 25.5 Å². The van der Waals surface area contributed by atoms with Crippen molar-refractivity contribution < 1.29 is 14.5 Å². The maximum Gasteiger partial charge on any atom is 0.282 e. The molecule has 1 saturated heterocycles. The molecule has 0 aromatic heterocycles. The van der Waals surface area contributed by atoms with Crippen LogP contribution in [0.4, 0.5) is 5.69 Å². The number of benzene rings is 1. The van der Waals surface area contributed by atoms with Crippen LogP contribution in [0.3, 0.4) is 0 Å². The Hall–Kier alpha value is -1.99. The van der Waals surface area contributed by atoms with E-state index in [1.807, 2.05) is 6.92 Å². The van der Waals surface area contributed by atoms with Crippen molar-refractivity contribution in [1.82, 2.24) is 4.90 Å². The van der Waals surface area contributed by atoms with Crippen molar-refractivity contribution >= 4 is 11.6 Å². The molecule has 2 atom stereocenters. The Balaban J connectivity index is 2.27. The molecule has 0 spiro atoms. The molecule has 0 bridgehead atoms. The highest BCUT2D eigenvalue weighted by Crippen LogP contribution is 2.22. The fraction of sp³-hybridized carbons (Fsp3) is 0.500. The molecule has 1 aliphatic heterocycles. The van der Waals surface area contributed by atoms with E-state index in [-0.39, 0.29) is 29.3 Å². The largest absolute Gasteiger partial charge is 0.373 e. The predicted molar refractivity (Wildman–Crippen MR) is 77.1 cm³/mol. The number of ether oxygens (including phenoxy) is 1. The molecule has 2 N–H and O–H groups in total. The number of nitrogens with zero attached hydrogens (tertiary/aromatic N) is 2. The van der Waals surface area contributed by atoms with E-state index in [0.29, 0.717) is 19.7 Å². The third kappa shape index (κ3) is 3.37. The number of aryl methyl sites for hydroxylation is 1. The molecule has 1 aromatic carbocycles. The second-order valence-electron chi connectivity index (χ2n) is 5.30. The average Bonchev–Trinajstić information content (AvgIpc) is 2.46. The summed E-state index contributed by atoms with van der Waals surface area (Å²) < 4.78 is 5.50. The van der Waals surface area contributed by atoms with Crippen molar-refractivity contribution in [2.24, 2.45) is 5.73 Å². The predicted octanol–water partition coefficient (Wildman–Crippen LogP) is 1.09. The number of nitrogens with two attached hydrogens (primary N) is 1. The van der Waals surface area contributed by atoms with Crippen LogP contribution in [0.2, 0.25) is 0 Å². The Kier molecular flexibility index (Phi) is 4.54. The van der Waals surface area contributed by atoms with Gasteiger partial charge in [-0.2, -0.15) is 0 Å². The Morgan fingerprint density at radius 2 is 2.29 bits per heavy atom. The number of nitro groups is 1. The molecule has 1 fully saturated rings. The number of carbonyl (C=O) groups excluding carboxylic acids is 1. The van der Waals surface area contributed by atoms with E-state index < -0.39 is 4.92 Å². The highest BCUT2D eigenvalue weighted by molar-refractivity contribution is 5.98. The zero-order valence-corrected chi connectivity index (χ0v) is 12.1. The van der Waals surface area contributed by atoms with Gasteiger partial charge in [-0.3, -0.25) is 14.9 Å². The Bertz CT molecular complexity index is 559. The van der Waals surface area contributed by atoms with Crippen LogP contribution >= 0.6 is 0 Å². The van der Waals surface area contributed by atoms with Gasteiger partial charge in [0.05, 0.1) is 17.6 Å². The number of morpholine rings is 1. The monoisotopic (exact) mass is 293 g/mol. The van der Waals surface area contributed by atoms with Crippen LogP contribution in [0.1, 0.15) is 22.8 Å². The molecule has 114 valence electrons. The molecule has 0 aliphatic carbocycles. The standard InChI is InChI=1S/C14H19N3O4/c1-9-3-4-12(17(19)20)11(7-9)14(18)16-5-6-21-13(8-16)10(2)15/h3-4,7,10,13H,5-6,8,15H2,1-2H3. The second kappa shape index (κ2) is 6.19. The Labute approximate surface area is 122 Å². The lowest BCUT2D eigenvalue weighted by molar-refractivity contribution is -0.385. The lowest BCUT2D eigenvalue weighted by atomic mass is 10.1. The lowest BCUT2D eigenvalue weighted by Crippen LogP contribution is -2.51. The Morgan fingerprint density at radius 1 is 1.57 bits per heavy atom. The van der Waals surface area contributed by atoms with Crippen molar-refractivity contribution in [3.05, 3.63) is 39.4 Å². The van der Waals surface area contributed by atoms with Crippen molar-refractivity contribution in [2.45, 2.75) is 26.0 Å². The first kappa shape index (κ1) is 15.4. The molecule has 7 heteroatoms. The van der Waals surface area contributed by atoms with E-state index in [9.17, 15) is 14.9 Å². The van der Waals surface area contributed by atoms with Crippen LogP contribution in [0, 0.1) is 17.0 Å². The molecule has 2 unspecified atom stereocenters. The van der Waals surface area contributed by atoms with Crippen LogP contribution in [-0.2, 0) is 4.74 Å². The van der Waals surface area contributed by atoms with Crippen LogP contribution < -0.4 is 5.73 Å². The minimum atomic E-state index is -0.532. The molecule has 7 nitrogen and oxygen atoms in total. The normalized spacial score (nSPS) is 20.1. The van der Waals surface area contributed by atoms with E-state index in [4.69, 9.17) is 10.5 Å². The fourth-order valence-corrected chi connectivity index (χ4v) is 2.33.